The maximum Gasteiger partial charge on any atom is 0.262 e. The zero-order valence-electron chi connectivity index (χ0n) is 7.42. The molecule has 0 aliphatic heterocycles. The molecule has 1 amide bonds. The molecule has 12 heavy (non-hydrogen) atoms. The van der Waals surface area contributed by atoms with Gasteiger partial charge in [0.15, 0.2) is 0 Å². The summed E-state index contributed by atoms with van der Waals surface area (Å²) in [5.74, 6) is 0.341. The number of hydrogen-bond acceptors (Lipinski definition) is 3. The number of nitrogens with one attached hydrogen (secondary N) is 1. The highest BCUT2D eigenvalue weighted by Crippen LogP contribution is 2.20. The van der Waals surface area contributed by atoms with Crippen molar-refractivity contribution in [3.8, 4) is 0 Å². The van der Waals surface area contributed by atoms with Crippen LogP contribution in [-0.4, -0.2) is 17.9 Å². The monoisotopic (exact) mass is 184 g/mol. The first kappa shape index (κ1) is 9.19. The first-order valence-corrected chi connectivity index (χ1v) is 4.64. The lowest BCUT2D eigenvalue weighted by Crippen LogP contribution is -2.16. The van der Waals surface area contributed by atoms with Crippen LogP contribution in [0, 0.1) is 0 Å². The van der Waals surface area contributed by atoms with Gasteiger partial charge in [-0.15, -0.1) is 11.3 Å². The van der Waals surface area contributed by atoms with Gasteiger partial charge in [-0.3, -0.25) is 4.79 Å². The van der Waals surface area contributed by atoms with E-state index in [0.717, 1.165) is 5.01 Å². The van der Waals surface area contributed by atoms with E-state index in [0.29, 0.717) is 10.8 Å². The van der Waals surface area contributed by atoms with Crippen molar-refractivity contribution >= 4 is 17.2 Å². The van der Waals surface area contributed by atoms with Crippen molar-refractivity contribution in [3.63, 3.8) is 0 Å². The number of amides is 1. The van der Waals surface area contributed by atoms with E-state index in [1.807, 2.05) is 0 Å². The Morgan fingerprint density at radius 3 is 2.75 bits per heavy atom. The molecule has 1 aromatic rings. The molecule has 1 rings (SSSR count). The van der Waals surface area contributed by atoms with Gasteiger partial charge in [0.05, 0.1) is 11.2 Å². The Morgan fingerprint density at radius 2 is 2.33 bits per heavy atom. The highest BCUT2D eigenvalue weighted by Gasteiger charge is 2.10. The Kier molecular flexibility index (Phi) is 2.81. The van der Waals surface area contributed by atoms with Crippen LogP contribution in [0.25, 0.3) is 0 Å². The molecule has 0 saturated carbocycles. The minimum Gasteiger partial charge on any atom is -0.354 e. The van der Waals surface area contributed by atoms with E-state index < -0.39 is 0 Å². The maximum atomic E-state index is 11.1. The van der Waals surface area contributed by atoms with Crippen LogP contribution < -0.4 is 5.32 Å². The molecule has 0 bridgehead atoms. The number of thiazole rings is 1. The topological polar surface area (TPSA) is 42.0 Å². The van der Waals surface area contributed by atoms with Crippen molar-refractivity contribution < 1.29 is 4.79 Å². The van der Waals surface area contributed by atoms with E-state index in [-0.39, 0.29) is 5.91 Å². The first-order chi connectivity index (χ1) is 5.65. The highest BCUT2D eigenvalue weighted by atomic mass is 32.1. The molecular formula is C8H12N2OS. The summed E-state index contributed by atoms with van der Waals surface area (Å²) in [5, 5.41) is 3.57. The number of hydrogen-bond donors (Lipinski definition) is 1. The standard InChI is InChI=1S/C8H12N2OS/c1-5(2)8-10-4-6(12-8)7(11)9-3/h4-5H,1-3H3,(H,9,11). The normalized spacial score (nSPS) is 10.3. The van der Waals surface area contributed by atoms with Gasteiger partial charge < -0.3 is 5.32 Å². The van der Waals surface area contributed by atoms with Crippen LogP contribution in [0.15, 0.2) is 6.20 Å². The third-order valence-corrected chi connectivity index (χ3v) is 2.76. The molecule has 0 saturated heterocycles. The summed E-state index contributed by atoms with van der Waals surface area (Å²) in [6.07, 6.45) is 1.62. The van der Waals surface area contributed by atoms with Crippen LogP contribution in [0.2, 0.25) is 0 Å². The second kappa shape index (κ2) is 3.67. The third kappa shape index (κ3) is 1.82. The van der Waals surface area contributed by atoms with Crippen molar-refractivity contribution in [2.24, 2.45) is 0 Å². The van der Waals surface area contributed by atoms with Crippen LogP contribution in [0.4, 0.5) is 0 Å². The molecule has 66 valence electrons. The minimum atomic E-state index is -0.0561. The van der Waals surface area contributed by atoms with Crippen molar-refractivity contribution in [2.45, 2.75) is 19.8 Å². The summed E-state index contributed by atoms with van der Waals surface area (Å²) >= 11 is 1.45. The van der Waals surface area contributed by atoms with Gasteiger partial charge in [0.2, 0.25) is 0 Å². The predicted molar refractivity (Wildman–Crippen MR) is 49.6 cm³/mol. The van der Waals surface area contributed by atoms with Crippen molar-refractivity contribution in [1.29, 1.82) is 0 Å². The van der Waals surface area contributed by atoms with Crippen LogP contribution in [0.1, 0.15) is 34.4 Å². The quantitative estimate of drug-likeness (QED) is 0.759. The largest absolute Gasteiger partial charge is 0.354 e. The number of carbonyl (C=O) groups excluding carboxylic acids is 1. The molecule has 0 aliphatic rings. The molecule has 0 aliphatic carbocycles. The lowest BCUT2D eigenvalue weighted by Gasteiger charge is -1.95. The zero-order valence-corrected chi connectivity index (χ0v) is 8.23. The van der Waals surface area contributed by atoms with E-state index >= 15 is 0 Å². The fourth-order valence-corrected chi connectivity index (χ4v) is 1.65. The second-order valence-corrected chi connectivity index (χ2v) is 3.86. The number of carbonyl (C=O) groups is 1. The van der Waals surface area contributed by atoms with Gasteiger partial charge in [0.1, 0.15) is 4.88 Å². The smallest absolute Gasteiger partial charge is 0.262 e. The highest BCUT2D eigenvalue weighted by molar-refractivity contribution is 7.13. The van der Waals surface area contributed by atoms with Gasteiger partial charge in [0.25, 0.3) is 5.91 Å². The zero-order chi connectivity index (χ0) is 9.14. The van der Waals surface area contributed by atoms with E-state index in [4.69, 9.17) is 0 Å². The van der Waals surface area contributed by atoms with Gasteiger partial charge in [-0.25, -0.2) is 4.98 Å². The average Bonchev–Trinajstić information content (AvgIpc) is 2.51. The molecule has 0 radical (unpaired) electrons. The van der Waals surface area contributed by atoms with Gasteiger partial charge in [-0.2, -0.15) is 0 Å². The molecule has 1 aromatic heterocycles. The van der Waals surface area contributed by atoms with Gasteiger partial charge in [0, 0.05) is 13.0 Å². The molecule has 0 atom stereocenters. The van der Waals surface area contributed by atoms with E-state index in [1.54, 1.807) is 13.2 Å². The Bertz CT molecular complexity index is 280. The summed E-state index contributed by atoms with van der Waals surface area (Å²) in [5.41, 5.74) is 0. The second-order valence-electron chi connectivity index (χ2n) is 2.80. The lowest BCUT2D eigenvalue weighted by atomic mass is 10.2. The maximum absolute atomic E-state index is 11.1. The van der Waals surface area contributed by atoms with Crippen LogP contribution in [0.5, 0.6) is 0 Å². The van der Waals surface area contributed by atoms with Crippen LogP contribution >= 0.6 is 11.3 Å². The molecule has 0 fully saturated rings. The van der Waals surface area contributed by atoms with Gasteiger partial charge >= 0.3 is 0 Å². The molecule has 4 heteroatoms. The molecule has 1 heterocycles. The lowest BCUT2D eigenvalue weighted by molar-refractivity contribution is 0.0967. The molecule has 3 nitrogen and oxygen atoms in total. The molecule has 0 spiro atoms. The molecule has 0 unspecified atom stereocenters. The van der Waals surface area contributed by atoms with Crippen molar-refractivity contribution in [2.75, 3.05) is 7.05 Å². The fourth-order valence-electron chi connectivity index (χ4n) is 0.783. The Morgan fingerprint density at radius 1 is 1.67 bits per heavy atom. The van der Waals surface area contributed by atoms with Crippen molar-refractivity contribution in [3.05, 3.63) is 16.1 Å². The fraction of sp³-hybridized carbons (Fsp3) is 0.500. The Labute approximate surface area is 75.8 Å². The Balaban J connectivity index is 2.84. The summed E-state index contributed by atoms with van der Waals surface area (Å²) in [6, 6.07) is 0. The summed E-state index contributed by atoms with van der Waals surface area (Å²) in [4.78, 5) is 15.9. The third-order valence-electron chi connectivity index (χ3n) is 1.47. The van der Waals surface area contributed by atoms with E-state index in [9.17, 15) is 4.79 Å². The summed E-state index contributed by atoms with van der Waals surface area (Å²) in [6.45, 7) is 4.12. The predicted octanol–water partition coefficient (Wildman–Crippen LogP) is 1.63. The van der Waals surface area contributed by atoms with Gasteiger partial charge in [-0.05, 0) is 0 Å². The van der Waals surface area contributed by atoms with Crippen LogP contribution in [0.3, 0.4) is 0 Å². The van der Waals surface area contributed by atoms with Crippen molar-refractivity contribution in [1.82, 2.24) is 10.3 Å². The average molecular weight is 184 g/mol. The summed E-state index contributed by atoms with van der Waals surface area (Å²) < 4.78 is 0. The molecular weight excluding hydrogens is 172 g/mol. The van der Waals surface area contributed by atoms with Crippen LogP contribution in [-0.2, 0) is 0 Å². The molecule has 0 aromatic carbocycles. The number of nitrogens with zero attached hydrogens (tertiary/aromatic N) is 1. The first-order valence-electron chi connectivity index (χ1n) is 3.83. The van der Waals surface area contributed by atoms with E-state index in [1.165, 1.54) is 11.3 Å². The molecule has 1 N–H and O–H groups in total. The Hall–Kier alpha value is -0.900. The SMILES string of the molecule is CNC(=O)c1cnc(C(C)C)s1. The number of rotatable bonds is 2. The van der Waals surface area contributed by atoms with Gasteiger partial charge in [-0.1, -0.05) is 13.8 Å². The van der Waals surface area contributed by atoms with E-state index in [2.05, 4.69) is 24.1 Å². The number of aromatic nitrogens is 1. The summed E-state index contributed by atoms with van der Waals surface area (Å²) in [7, 11) is 1.62. The minimum absolute atomic E-state index is 0.0561.